The third-order valence-electron chi connectivity index (χ3n) is 3.59. The van der Waals surface area contributed by atoms with Crippen molar-refractivity contribution in [1.29, 1.82) is 0 Å². The third-order valence-corrected chi connectivity index (χ3v) is 3.59. The van der Waals surface area contributed by atoms with Crippen LogP contribution in [0.3, 0.4) is 0 Å². The lowest BCUT2D eigenvalue weighted by atomic mass is 10.1. The molecule has 6 nitrogen and oxygen atoms in total. The molecule has 2 rings (SSSR count). The predicted octanol–water partition coefficient (Wildman–Crippen LogP) is 2.10. The predicted molar refractivity (Wildman–Crippen MR) is 89.5 cm³/mol. The Hall–Kier alpha value is -1.18. The standard InChI is InChI=1S/C18H28O6/c1-15-11-16-13-23-9-7-21-5-3-20-4-6-22-8-10-24-14-17(12-15)18(16)19-2/h11-12H,3-10,13-14H2,1-2H3. The molecule has 0 aromatic heterocycles. The molecule has 0 atom stereocenters. The van der Waals surface area contributed by atoms with Crippen LogP contribution in [0.2, 0.25) is 0 Å². The van der Waals surface area contributed by atoms with Gasteiger partial charge in [-0.05, 0) is 6.92 Å². The first kappa shape index (κ1) is 19.1. The minimum atomic E-state index is 0.487. The first-order valence-electron chi connectivity index (χ1n) is 8.36. The molecule has 0 radical (unpaired) electrons. The fourth-order valence-electron chi connectivity index (χ4n) is 2.55. The molecule has 0 spiro atoms. The van der Waals surface area contributed by atoms with Crippen molar-refractivity contribution in [2.24, 2.45) is 0 Å². The molecule has 0 amide bonds. The number of ether oxygens (including phenoxy) is 6. The van der Waals surface area contributed by atoms with Crippen molar-refractivity contribution in [2.45, 2.75) is 20.1 Å². The van der Waals surface area contributed by atoms with E-state index in [1.54, 1.807) is 7.11 Å². The summed E-state index contributed by atoms with van der Waals surface area (Å²) in [5.74, 6) is 0.831. The van der Waals surface area contributed by atoms with Gasteiger partial charge < -0.3 is 28.4 Å². The van der Waals surface area contributed by atoms with Crippen LogP contribution < -0.4 is 4.74 Å². The van der Waals surface area contributed by atoms with Crippen LogP contribution in [0.15, 0.2) is 12.1 Å². The lowest BCUT2D eigenvalue weighted by molar-refractivity contribution is -0.0148. The molecule has 0 fully saturated rings. The summed E-state index contributed by atoms with van der Waals surface area (Å²) < 4.78 is 33.3. The zero-order valence-electron chi connectivity index (χ0n) is 14.7. The van der Waals surface area contributed by atoms with Crippen LogP contribution in [0.4, 0.5) is 0 Å². The molecule has 1 aromatic carbocycles. The van der Waals surface area contributed by atoms with Crippen LogP contribution in [-0.4, -0.2) is 60.0 Å². The summed E-state index contributed by atoms with van der Waals surface area (Å²) in [6.07, 6.45) is 0. The highest BCUT2D eigenvalue weighted by Gasteiger charge is 2.11. The van der Waals surface area contributed by atoms with Crippen LogP contribution in [0.25, 0.3) is 0 Å². The van der Waals surface area contributed by atoms with Crippen LogP contribution in [0.5, 0.6) is 5.75 Å². The van der Waals surface area contributed by atoms with Crippen molar-refractivity contribution in [3.63, 3.8) is 0 Å². The molecule has 0 saturated carbocycles. The van der Waals surface area contributed by atoms with Crippen LogP contribution in [0.1, 0.15) is 16.7 Å². The van der Waals surface area contributed by atoms with Crippen LogP contribution in [-0.2, 0) is 36.9 Å². The minimum absolute atomic E-state index is 0.487. The van der Waals surface area contributed by atoms with E-state index in [0.29, 0.717) is 66.1 Å². The topological polar surface area (TPSA) is 55.4 Å². The summed E-state index contributed by atoms with van der Waals surface area (Å²) in [6, 6.07) is 4.16. The summed E-state index contributed by atoms with van der Waals surface area (Å²) >= 11 is 0. The third kappa shape index (κ3) is 6.75. The van der Waals surface area contributed by atoms with Gasteiger partial charge in [0.2, 0.25) is 0 Å². The fourth-order valence-corrected chi connectivity index (χ4v) is 2.55. The van der Waals surface area contributed by atoms with Gasteiger partial charge in [-0.3, -0.25) is 0 Å². The first-order valence-corrected chi connectivity index (χ1v) is 8.36. The molecule has 1 aliphatic heterocycles. The Balaban J connectivity index is 1.99. The fraction of sp³-hybridized carbons (Fsp3) is 0.667. The summed E-state index contributed by atoms with van der Waals surface area (Å²) in [5, 5.41) is 0. The lowest BCUT2D eigenvalue weighted by Crippen LogP contribution is -2.14. The number of rotatable bonds is 1. The van der Waals surface area contributed by atoms with E-state index in [-0.39, 0.29) is 0 Å². The maximum absolute atomic E-state index is 5.71. The average molecular weight is 340 g/mol. The Morgan fingerprint density at radius 2 is 1.04 bits per heavy atom. The number of fused-ring (bicyclic) bond motifs is 2. The summed E-state index contributed by atoms with van der Waals surface area (Å²) in [5.41, 5.74) is 3.21. The highest BCUT2D eigenvalue weighted by Crippen LogP contribution is 2.27. The van der Waals surface area contributed by atoms with Gasteiger partial charge in [0.1, 0.15) is 5.75 Å². The van der Waals surface area contributed by atoms with E-state index < -0.39 is 0 Å². The second kappa shape index (κ2) is 11.4. The largest absolute Gasteiger partial charge is 0.496 e. The lowest BCUT2D eigenvalue weighted by Gasteiger charge is -2.16. The van der Waals surface area contributed by atoms with Crippen molar-refractivity contribution in [2.75, 3.05) is 60.0 Å². The van der Waals surface area contributed by atoms with Gasteiger partial charge in [0, 0.05) is 11.1 Å². The van der Waals surface area contributed by atoms with Crippen molar-refractivity contribution >= 4 is 0 Å². The smallest absolute Gasteiger partial charge is 0.129 e. The van der Waals surface area contributed by atoms with Crippen LogP contribution >= 0.6 is 0 Å². The van der Waals surface area contributed by atoms with E-state index in [2.05, 4.69) is 19.1 Å². The van der Waals surface area contributed by atoms with Gasteiger partial charge >= 0.3 is 0 Å². The number of aryl methyl sites for hydroxylation is 1. The number of hydrogen-bond donors (Lipinski definition) is 0. The van der Waals surface area contributed by atoms with E-state index in [9.17, 15) is 0 Å². The van der Waals surface area contributed by atoms with Gasteiger partial charge in [-0.1, -0.05) is 17.7 Å². The van der Waals surface area contributed by atoms with Gasteiger partial charge in [-0.25, -0.2) is 0 Å². The molecule has 1 aromatic rings. The molecular weight excluding hydrogens is 312 g/mol. The van der Waals surface area contributed by atoms with Crippen molar-refractivity contribution < 1.29 is 28.4 Å². The van der Waals surface area contributed by atoms with E-state index in [1.807, 2.05) is 0 Å². The van der Waals surface area contributed by atoms with Gasteiger partial charge in [0.15, 0.2) is 0 Å². The molecule has 0 aliphatic carbocycles. The number of methoxy groups -OCH3 is 1. The second-order valence-electron chi connectivity index (χ2n) is 5.56. The number of hydrogen-bond acceptors (Lipinski definition) is 6. The molecule has 2 bridgehead atoms. The summed E-state index contributed by atoms with van der Waals surface area (Å²) in [6.45, 7) is 7.44. The maximum Gasteiger partial charge on any atom is 0.129 e. The molecule has 136 valence electrons. The van der Waals surface area contributed by atoms with Crippen molar-refractivity contribution in [3.8, 4) is 5.75 Å². The molecule has 0 saturated heterocycles. The van der Waals surface area contributed by atoms with Crippen molar-refractivity contribution in [1.82, 2.24) is 0 Å². The Morgan fingerprint density at radius 1 is 0.667 bits per heavy atom. The molecule has 0 N–H and O–H groups in total. The monoisotopic (exact) mass is 340 g/mol. The van der Waals surface area contributed by atoms with E-state index in [4.69, 9.17) is 28.4 Å². The van der Waals surface area contributed by atoms with Gasteiger partial charge in [0.25, 0.3) is 0 Å². The van der Waals surface area contributed by atoms with Crippen molar-refractivity contribution in [3.05, 3.63) is 28.8 Å². The SMILES string of the molecule is COc1c2cc(C)cc1COCCOCCOCCOCCOC2. The Kier molecular flexibility index (Phi) is 9.09. The average Bonchev–Trinajstić information content (AvgIpc) is 2.57. The molecule has 24 heavy (non-hydrogen) atoms. The normalized spacial score (nSPS) is 19.2. The molecular formula is C18H28O6. The van der Waals surface area contributed by atoms with Gasteiger partial charge in [-0.2, -0.15) is 0 Å². The molecule has 6 heteroatoms. The Morgan fingerprint density at radius 3 is 1.42 bits per heavy atom. The highest BCUT2D eigenvalue weighted by atomic mass is 16.6. The van der Waals surface area contributed by atoms with Gasteiger partial charge in [0.05, 0.1) is 73.2 Å². The Bertz CT molecular complexity index is 440. The maximum atomic E-state index is 5.71. The highest BCUT2D eigenvalue weighted by molar-refractivity contribution is 5.44. The van der Waals surface area contributed by atoms with E-state index in [0.717, 1.165) is 22.4 Å². The Labute approximate surface area is 143 Å². The number of benzene rings is 1. The van der Waals surface area contributed by atoms with E-state index in [1.165, 1.54) is 0 Å². The molecule has 0 unspecified atom stereocenters. The second-order valence-corrected chi connectivity index (χ2v) is 5.56. The molecule has 1 aliphatic rings. The van der Waals surface area contributed by atoms with E-state index >= 15 is 0 Å². The zero-order valence-corrected chi connectivity index (χ0v) is 14.7. The first-order chi connectivity index (χ1) is 11.8. The molecule has 1 heterocycles. The zero-order chi connectivity index (χ0) is 17.0. The minimum Gasteiger partial charge on any atom is -0.496 e. The summed E-state index contributed by atoms with van der Waals surface area (Å²) in [4.78, 5) is 0. The van der Waals surface area contributed by atoms with Crippen LogP contribution in [0, 0.1) is 6.92 Å². The summed E-state index contributed by atoms with van der Waals surface area (Å²) in [7, 11) is 1.68. The quantitative estimate of drug-likeness (QED) is 0.780. The van der Waals surface area contributed by atoms with Gasteiger partial charge in [-0.15, -0.1) is 0 Å².